The Morgan fingerprint density at radius 3 is 2.57 bits per heavy atom. The molecule has 2 bridgehead atoms. The smallest absolute Gasteiger partial charge is 0.407 e. The number of aromatic nitrogens is 4. The molecule has 13 nitrogen and oxygen atoms in total. The Hall–Kier alpha value is -5.43. The number of nitrogens with zero attached hydrogens (tertiary/aromatic N) is 5. The summed E-state index contributed by atoms with van der Waals surface area (Å²) in [5.41, 5.74) is 10.9. The summed E-state index contributed by atoms with van der Waals surface area (Å²) in [5, 5.41) is 13.4. The summed E-state index contributed by atoms with van der Waals surface area (Å²) < 4.78 is 15.6. The molecule has 2 saturated heterocycles. The summed E-state index contributed by atoms with van der Waals surface area (Å²) in [6.45, 7) is 3.42. The van der Waals surface area contributed by atoms with Gasteiger partial charge in [-0.1, -0.05) is 50.1 Å². The summed E-state index contributed by atoms with van der Waals surface area (Å²) >= 11 is 0. The van der Waals surface area contributed by atoms with Crippen molar-refractivity contribution < 1.29 is 29.0 Å². The molecular formula is C41H49N7O6. The van der Waals surface area contributed by atoms with Gasteiger partial charge in [0, 0.05) is 42.2 Å². The first-order valence-electron chi connectivity index (χ1n) is 18.9. The van der Waals surface area contributed by atoms with Gasteiger partial charge in [0.2, 0.25) is 0 Å². The van der Waals surface area contributed by atoms with E-state index in [2.05, 4.69) is 16.0 Å². The maximum Gasteiger partial charge on any atom is 0.407 e. The van der Waals surface area contributed by atoms with E-state index in [4.69, 9.17) is 25.2 Å². The summed E-state index contributed by atoms with van der Waals surface area (Å²) in [4.78, 5) is 50.5. The van der Waals surface area contributed by atoms with Gasteiger partial charge in [-0.2, -0.15) is 0 Å². The van der Waals surface area contributed by atoms with Gasteiger partial charge in [0.1, 0.15) is 23.5 Å². The number of hydrogen-bond donors (Lipinski definition) is 3. The highest BCUT2D eigenvalue weighted by Gasteiger charge is 2.49. The zero-order chi connectivity index (χ0) is 37.9. The van der Waals surface area contributed by atoms with Crippen LogP contribution >= 0.6 is 0 Å². The van der Waals surface area contributed by atoms with Crippen molar-refractivity contribution in [3.05, 3.63) is 77.5 Å². The summed E-state index contributed by atoms with van der Waals surface area (Å²) in [6, 6.07) is 18.8. The van der Waals surface area contributed by atoms with Gasteiger partial charge >= 0.3 is 12.1 Å². The number of amides is 2. The number of aryl methyl sites for hydroxylation is 2. The second kappa shape index (κ2) is 15.9. The van der Waals surface area contributed by atoms with Gasteiger partial charge in [-0.3, -0.25) is 9.59 Å². The number of fused-ring (bicyclic) bond motifs is 4. The maximum absolute atomic E-state index is 14.3. The van der Waals surface area contributed by atoms with Crippen molar-refractivity contribution in [3.63, 3.8) is 0 Å². The van der Waals surface area contributed by atoms with Crippen LogP contribution in [-0.2, 0) is 29.7 Å². The SMILES string of the molecule is COc1cc(C(=O)N2C3CCC2C(NC(=O)OCc2ccccc2)C3)cc2nc(-c3cc4ccc(C(C)CC(=O)O)nc4n3CCCCCCN)n(C)c12. The molecule has 2 amide bonds. The molecule has 2 aliphatic rings. The van der Waals surface area contributed by atoms with Crippen LogP contribution in [0.4, 0.5) is 4.79 Å². The van der Waals surface area contributed by atoms with E-state index in [0.29, 0.717) is 42.2 Å². The van der Waals surface area contributed by atoms with Crippen molar-refractivity contribution in [2.75, 3.05) is 13.7 Å². The van der Waals surface area contributed by atoms with Crippen LogP contribution in [0.3, 0.4) is 0 Å². The molecule has 2 aromatic carbocycles. The standard InChI is InChI=1S/C41H49N7O6/c1-25(19-36(49)50)30-15-13-27-21-34(47(38(27)43-30)18-10-5-4-9-17-42)39-44-32-20-28(22-35(53-3)37(32)46(39)2)40(51)48-29-14-16-33(48)31(23-29)45-41(52)54-24-26-11-7-6-8-12-26/h6-8,11-13,15,20-22,25,29,31,33H,4-5,9-10,14,16-19,23-24,42H2,1-3H3,(H,45,52)(H,49,50). The minimum absolute atomic E-state index is 0.00580. The molecule has 5 aromatic rings. The summed E-state index contributed by atoms with van der Waals surface area (Å²) in [7, 11) is 3.54. The fourth-order valence-corrected chi connectivity index (χ4v) is 8.31. The number of ether oxygens (including phenoxy) is 2. The second-order valence-electron chi connectivity index (χ2n) is 14.6. The molecule has 13 heteroatoms. The number of rotatable bonds is 15. The Kier molecular flexibility index (Phi) is 10.9. The van der Waals surface area contributed by atoms with Gasteiger partial charge in [-0.05, 0) is 74.5 Å². The number of unbranched alkanes of at least 4 members (excludes halogenated alkanes) is 3. The average Bonchev–Trinajstić information content (AvgIpc) is 3.93. The molecule has 284 valence electrons. The number of methoxy groups -OCH3 is 1. The topological polar surface area (TPSA) is 167 Å². The Balaban J connectivity index is 1.17. The van der Waals surface area contributed by atoms with E-state index in [1.807, 2.05) is 72.0 Å². The quantitative estimate of drug-likeness (QED) is 0.104. The molecule has 0 aliphatic carbocycles. The number of carboxylic acids is 1. The van der Waals surface area contributed by atoms with Crippen LogP contribution in [0.1, 0.15) is 85.8 Å². The molecular weight excluding hydrogens is 686 g/mol. The molecule has 54 heavy (non-hydrogen) atoms. The zero-order valence-electron chi connectivity index (χ0n) is 31.2. The van der Waals surface area contributed by atoms with E-state index < -0.39 is 12.1 Å². The van der Waals surface area contributed by atoms with Crippen molar-refractivity contribution >= 4 is 40.0 Å². The molecule has 7 rings (SSSR count). The largest absolute Gasteiger partial charge is 0.494 e. The predicted octanol–water partition coefficient (Wildman–Crippen LogP) is 6.37. The van der Waals surface area contributed by atoms with Crippen molar-refractivity contribution in [2.24, 2.45) is 12.8 Å². The first-order valence-corrected chi connectivity index (χ1v) is 18.9. The highest BCUT2D eigenvalue weighted by molar-refractivity contribution is 6.01. The van der Waals surface area contributed by atoms with Crippen LogP contribution in [0.5, 0.6) is 5.75 Å². The lowest BCUT2D eigenvalue weighted by Gasteiger charge is -2.25. The minimum Gasteiger partial charge on any atom is -0.494 e. The fraction of sp³-hybridized carbons (Fsp3) is 0.439. The molecule has 4 unspecified atom stereocenters. The Bertz CT molecular complexity index is 2160. The van der Waals surface area contributed by atoms with E-state index in [1.54, 1.807) is 13.2 Å². The molecule has 3 aromatic heterocycles. The number of carbonyl (C=O) groups excluding carboxylic acids is 2. The number of benzene rings is 2. The van der Waals surface area contributed by atoms with Gasteiger partial charge in [0.15, 0.2) is 5.82 Å². The summed E-state index contributed by atoms with van der Waals surface area (Å²) in [5.74, 6) is 0.0166. The Labute approximate surface area is 314 Å². The normalized spacial score (nSPS) is 18.4. The molecule has 4 atom stereocenters. The van der Waals surface area contributed by atoms with Crippen molar-refractivity contribution in [1.29, 1.82) is 0 Å². The van der Waals surface area contributed by atoms with Crippen molar-refractivity contribution in [2.45, 2.75) is 95.5 Å². The van der Waals surface area contributed by atoms with Gasteiger partial charge in [0.05, 0.1) is 36.8 Å². The lowest BCUT2D eigenvalue weighted by molar-refractivity contribution is -0.137. The van der Waals surface area contributed by atoms with Crippen LogP contribution in [0.15, 0.2) is 60.7 Å². The lowest BCUT2D eigenvalue weighted by atomic mass is 9.96. The van der Waals surface area contributed by atoms with Crippen molar-refractivity contribution in [3.8, 4) is 17.3 Å². The predicted molar refractivity (Wildman–Crippen MR) is 205 cm³/mol. The Morgan fingerprint density at radius 1 is 1.02 bits per heavy atom. The number of nitrogens with one attached hydrogen (secondary N) is 1. The third kappa shape index (κ3) is 7.37. The Morgan fingerprint density at radius 2 is 1.81 bits per heavy atom. The molecule has 4 N–H and O–H groups in total. The molecule has 0 saturated carbocycles. The molecule has 2 fully saturated rings. The monoisotopic (exact) mass is 735 g/mol. The van der Waals surface area contributed by atoms with E-state index in [1.165, 1.54) is 0 Å². The molecule has 0 radical (unpaired) electrons. The third-order valence-corrected chi connectivity index (χ3v) is 11.0. The zero-order valence-corrected chi connectivity index (χ0v) is 31.2. The minimum atomic E-state index is -0.861. The second-order valence-corrected chi connectivity index (χ2v) is 14.6. The number of imidazole rings is 1. The average molecular weight is 736 g/mol. The van der Waals surface area contributed by atoms with E-state index in [9.17, 15) is 19.5 Å². The van der Waals surface area contributed by atoms with Crippen LogP contribution in [0, 0.1) is 0 Å². The highest BCUT2D eigenvalue weighted by atomic mass is 16.5. The fourth-order valence-electron chi connectivity index (χ4n) is 8.31. The van der Waals surface area contributed by atoms with E-state index in [0.717, 1.165) is 72.0 Å². The number of hydrogen-bond acceptors (Lipinski definition) is 8. The van der Waals surface area contributed by atoms with E-state index in [-0.39, 0.29) is 43.0 Å². The van der Waals surface area contributed by atoms with Crippen LogP contribution in [-0.4, -0.2) is 78.9 Å². The molecule has 2 aliphatic heterocycles. The lowest BCUT2D eigenvalue weighted by Crippen LogP contribution is -2.45. The third-order valence-electron chi connectivity index (χ3n) is 11.0. The van der Waals surface area contributed by atoms with Crippen LogP contribution in [0.25, 0.3) is 33.6 Å². The van der Waals surface area contributed by atoms with Gasteiger partial charge in [-0.25, -0.2) is 14.8 Å². The number of carboxylic acid groups (broad SMARTS) is 1. The number of aliphatic carboxylic acids is 1. The molecule has 5 heterocycles. The number of pyridine rings is 1. The number of nitrogens with two attached hydrogens (primary N) is 1. The maximum atomic E-state index is 14.3. The van der Waals surface area contributed by atoms with Crippen molar-refractivity contribution in [1.82, 2.24) is 29.3 Å². The van der Waals surface area contributed by atoms with Crippen LogP contribution < -0.4 is 15.8 Å². The number of alkyl carbamates (subject to hydrolysis) is 1. The molecule has 0 spiro atoms. The van der Waals surface area contributed by atoms with Gasteiger partial charge < -0.3 is 39.7 Å². The van der Waals surface area contributed by atoms with Crippen LogP contribution in [0.2, 0.25) is 0 Å². The summed E-state index contributed by atoms with van der Waals surface area (Å²) in [6.07, 6.45) is 5.79. The van der Waals surface area contributed by atoms with Gasteiger partial charge in [-0.15, -0.1) is 0 Å². The van der Waals surface area contributed by atoms with Gasteiger partial charge in [0.25, 0.3) is 5.91 Å². The first kappa shape index (κ1) is 36.9. The highest BCUT2D eigenvalue weighted by Crippen LogP contribution is 2.40. The van der Waals surface area contributed by atoms with E-state index >= 15 is 0 Å². The first-order chi connectivity index (χ1) is 26.2. The number of carbonyl (C=O) groups is 3.